The third-order valence-corrected chi connectivity index (χ3v) is 5.27. The zero-order valence-corrected chi connectivity index (χ0v) is 16.8. The van der Waals surface area contributed by atoms with Crippen LogP contribution in [-0.4, -0.2) is 27.1 Å². The third kappa shape index (κ3) is 6.06. The fourth-order valence-electron chi connectivity index (χ4n) is 2.61. The predicted octanol–water partition coefficient (Wildman–Crippen LogP) is 3.92. The maximum atomic E-state index is 13.2. The molecule has 0 saturated heterocycles. The predicted molar refractivity (Wildman–Crippen MR) is 107 cm³/mol. The van der Waals surface area contributed by atoms with E-state index in [4.69, 9.17) is 0 Å². The summed E-state index contributed by atoms with van der Waals surface area (Å²) in [7, 11) is -3.55. The van der Waals surface area contributed by atoms with Crippen LogP contribution in [0.5, 0.6) is 0 Å². The first-order valence-corrected chi connectivity index (χ1v) is 10.5. The lowest BCUT2D eigenvalue weighted by molar-refractivity contribution is -0.116. The molecule has 5 nitrogen and oxygen atoms in total. The number of hydrogen-bond acceptors (Lipinski definition) is 3. The molecular formula is C20H25FN2O3S. The Morgan fingerprint density at radius 2 is 1.74 bits per heavy atom. The first-order valence-electron chi connectivity index (χ1n) is 8.60. The topological polar surface area (TPSA) is 66.5 Å². The van der Waals surface area contributed by atoms with E-state index in [0.29, 0.717) is 11.4 Å². The van der Waals surface area contributed by atoms with Gasteiger partial charge in [-0.05, 0) is 41.3 Å². The van der Waals surface area contributed by atoms with Crippen molar-refractivity contribution in [1.29, 1.82) is 0 Å². The van der Waals surface area contributed by atoms with E-state index in [2.05, 4.69) is 26.1 Å². The second-order valence-corrected chi connectivity index (χ2v) is 9.35. The summed E-state index contributed by atoms with van der Waals surface area (Å²) in [4.78, 5) is 12.1. The molecule has 2 rings (SSSR count). The first kappa shape index (κ1) is 20.9. The zero-order chi connectivity index (χ0) is 20.2. The van der Waals surface area contributed by atoms with E-state index in [9.17, 15) is 17.6 Å². The van der Waals surface area contributed by atoms with E-state index < -0.39 is 15.8 Å². The Hall–Kier alpha value is -2.41. The fourth-order valence-corrected chi connectivity index (χ4v) is 3.53. The van der Waals surface area contributed by atoms with Gasteiger partial charge in [-0.3, -0.25) is 9.10 Å². The first-order chi connectivity index (χ1) is 12.5. The zero-order valence-electron chi connectivity index (χ0n) is 16.0. The number of carbonyl (C=O) groups excluding carboxylic acids is 1. The number of benzene rings is 2. The quantitative estimate of drug-likeness (QED) is 0.810. The van der Waals surface area contributed by atoms with Crippen molar-refractivity contribution in [2.45, 2.75) is 32.6 Å². The summed E-state index contributed by atoms with van der Waals surface area (Å²) in [5.74, 6) is -0.843. The number of nitrogens with one attached hydrogen (secondary N) is 1. The molecule has 0 spiro atoms. The lowest BCUT2D eigenvalue weighted by Crippen LogP contribution is -2.33. The number of halogens is 1. The number of carbonyl (C=O) groups is 1. The Kier molecular flexibility index (Phi) is 6.26. The van der Waals surface area contributed by atoms with Gasteiger partial charge >= 0.3 is 0 Å². The summed E-state index contributed by atoms with van der Waals surface area (Å²) >= 11 is 0. The van der Waals surface area contributed by atoms with Crippen molar-refractivity contribution in [1.82, 2.24) is 0 Å². The van der Waals surface area contributed by atoms with Gasteiger partial charge in [0.25, 0.3) is 0 Å². The van der Waals surface area contributed by atoms with Crippen LogP contribution in [0.2, 0.25) is 0 Å². The van der Waals surface area contributed by atoms with E-state index in [1.807, 2.05) is 12.1 Å². The number of nitrogens with zero attached hydrogens (tertiary/aromatic N) is 1. The van der Waals surface area contributed by atoms with E-state index >= 15 is 0 Å². The molecule has 7 heteroatoms. The lowest BCUT2D eigenvalue weighted by Gasteiger charge is -2.24. The highest BCUT2D eigenvalue weighted by Crippen LogP contribution is 2.26. The van der Waals surface area contributed by atoms with Crippen molar-refractivity contribution < 1.29 is 17.6 Å². The van der Waals surface area contributed by atoms with Crippen LogP contribution < -0.4 is 9.62 Å². The van der Waals surface area contributed by atoms with Crippen molar-refractivity contribution in [2.24, 2.45) is 0 Å². The minimum atomic E-state index is -3.55. The number of rotatable bonds is 6. The molecular weight excluding hydrogens is 367 g/mol. The Morgan fingerprint density at radius 3 is 2.26 bits per heavy atom. The molecule has 0 aliphatic carbocycles. The minimum absolute atomic E-state index is 0.00511. The van der Waals surface area contributed by atoms with E-state index in [-0.39, 0.29) is 24.3 Å². The fraction of sp³-hybridized carbons (Fsp3) is 0.350. The summed E-state index contributed by atoms with van der Waals surface area (Å²) in [6.07, 6.45) is 1.06. The van der Waals surface area contributed by atoms with Gasteiger partial charge < -0.3 is 5.32 Å². The Morgan fingerprint density at radius 1 is 1.11 bits per heavy atom. The van der Waals surface area contributed by atoms with Crippen molar-refractivity contribution in [3.05, 3.63) is 59.9 Å². The van der Waals surface area contributed by atoms with Crippen molar-refractivity contribution in [2.75, 3.05) is 22.4 Å². The normalized spacial score (nSPS) is 11.9. The SMILES string of the molecule is CC(C)(C)c1ccc(N(CCC(=O)Nc2cccc(F)c2)S(C)(=O)=O)cc1. The number of amides is 1. The van der Waals surface area contributed by atoms with Crippen molar-refractivity contribution >= 4 is 27.3 Å². The molecule has 0 aliphatic rings. The molecule has 0 aromatic heterocycles. The van der Waals surface area contributed by atoms with Crippen LogP contribution in [0.3, 0.4) is 0 Å². The smallest absolute Gasteiger partial charge is 0.232 e. The van der Waals surface area contributed by atoms with Crippen molar-refractivity contribution in [3.63, 3.8) is 0 Å². The van der Waals surface area contributed by atoms with Gasteiger partial charge in [-0.15, -0.1) is 0 Å². The molecule has 0 atom stereocenters. The average molecular weight is 392 g/mol. The second kappa shape index (κ2) is 8.08. The molecule has 1 amide bonds. The van der Waals surface area contributed by atoms with Gasteiger partial charge in [0, 0.05) is 18.7 Å². The van der Waals surface area contributed by atoms with Gasteiger partial charge in [0.05, 0.1) is 11.9 Å². The highest BCUT2D eigenvalue weighted by molar-refractivity contribution is 7.92. The number of sulfonamides is 1. The van der Waals surface area contributed by atoms with E-state index in [0.717, 1.165) is 11.8 Å². The van der Waals surface area contributed by atoms with Crippen LogP contribution in [0, 0.1) is 5.82 Å². The summed E-state index contributed by atoms with van der Waals surface area (Å²) in [5.41, 5.74) is 1.88. The maximum Gasteiger partial charge on any atom is 0.232 e. The van der Waals surface area contributed by atoms with Crippen LogP contribution in [0.15, 0.2) is 48.5 Å². The molecule has 2 aromatic rings. The van der Waals surface area contributed by atoms with Gasteiger partial charge in [0.2, 0.25) is 15.9 Å². The summed E-state index contributed by atoms with van der Waals surface area (Å²) in [6.45, 7) is 6.22. The van der Waals surface area contributed by atoms with Gasteiger partial charge in [0.1, 0.15) is 5.82 Å². The van der Waals surface area contributed by atoms with Gasteiger partial charge in [-0.2, -0.15) is 0 Å². The van der Waals surface area contributed by atoms with Crippen molar-refractivity contribution in [3.8, 4) is 0 Å². The highest BCUT2D eigenvalue weighted by Gasteiger charge is 2.20. The molecule has 0 aliphatic heterocycles. The number of hydrogen-bond donors (Lipinski definition) is 1. The van der Waals surface area contributed by atoms with Crippen LogP contribution in [0.1, 0.15) is 32.8 Å². The lowest BCUT2D eigenvalue weighted by atomic mass is 9.87. The molecule has 27 heavy (non-hydrogen) atoms. The monoisotopic (exact) mass is 392 g/mol. The largest absolute Gasteiger partial charge is 0.326 e. The highest BCUT2D eigenvalue weighted by atomic mass is 32.2. The van der Waals surface area contributed by atoms with E-state index in [1.54, 1.807) is 18.2 Å². The maximum absolute atomic E-state index is 13.2. The molecule has 0 saturated carbocycles. The van der Waals surface area contributed by atoms with Gasteiger partial charge in [-0.25, -0.2) is 12.8 Å². The third-order valence-electron chi connectivity index (χ3n) is 4.07. The van der Waals surface area contributed by atoms with E-state index in [1.165, 1.54) is 22.5 Å². The Bertz CT molecular complexity index is 904. The van der Waals surface area contributed by atoms with Crippen LogP contribution >= 0.6 is 0 Å². The average Bonchev–Trinajstić information content (AvgIpc) is 2.53. The summed E-state index contributed by atoms with van der Waals surface area (Å²) in [6, 6.07) is 12.8. The minimum Gasteiger partial charge on any atom is -0.326 e. The van der Waals surface area contributed by atoms with Crippen LogP contribution in [0.25, 0.3) is 0 Å². The molecule has 1 N–H and O–H groups in total. The Balaban J connectivity index is 2.10. The molecule has 0 fully saturated rings. The molecule has 0 bridgehead atoms. The van der Waals surface area contributed by atoms with Gasteiger partial charge in [0.15, 0.2) is 0 Å². The Labute approximate surface area is 160 Å². The number of anilines is 2. The molecule has 2 aromatic carbocycles. The standard InChI is InChI=1S/C20H25FN2O3S/c1-20(2,3)15-8-10-18(11-9-15)23(27(4,25)26)13-12-19(24)22-17-7-5-6-16(21)14-17/h5-11,14H,12-13H2,1-4H3,(H,22,24). The molecule has 0 radical (unpaired) electrons. The van der Waals surface area contributed by atoms with Crippen LogP contribution in [-0.2, 0) is 20.2 Å². The molecule has 146 valence electrons. The summed E-state index contributed by atoms with van der Waals surface area (Å²) in [5, 5.41) is 2.57. The molecule has 0 unspecified atom stereocenters. The van der Waals surface area contributed by atoms with Gasteiger partial charge in [-0.1, -0.05) is 39.0 Å². The summed E-state index contributed by atoms with van der Waals surface area (Å²) < 4.78 is 38.7. The van der Waals surface area contributed by atoms with Crippen LogP contribution in [0.4, 0.5) is 15.8 Å². The molecule has 0 heterocycles. The second-order valence-electron chi connectivity index (χ2n) is 7.44.